The van der Waals surface area contributed by atoms with E-state index in [1.807, 2.05) is 39.6 Å². The Hall–Kier alpha value is -3.60. The number of nitrogen functional groups attached to an aromatic ring is 1. The molecule has 3 aromatic rings. The molecule has 210 valence electrons. The summed E-state index contributed by atoms with van der Waals surface area (Å²) in [7, 11) is 1.28. The number of amides is 2. The maximum Gasteiger partial charge on any atom is 0.352 e. The number of anilines is 1. The smallest absolute Gasteiger partial charge is 0.352 e. The molecule has 5 heterocycles. The fourth-order valence-corrected chi connectivity index (χ4v) is 7.34. The van der Waals surface area contributed by atoms with E-state index in [4.69, 9.17) is 15.7 Å². The molecule has 5 N–H and O–H groups in total. The molecule has 40 heavy (non-hydrogen) atoms. The van der Waals surface area contributed by atoms with Crippen molar-refractivity contribution >= 4 is 69.1 Å². The fourth-order valence-electron chi connectivity index (χ4n) is 4.50. The Labute approximate surface area is 240 Å². The maximum absolute atomic E-state index is 13.2. The molecule has 16 heteroatoms. The number of fused-ring (bicyclic) bond motifs is 2. The van der Waals surface area contributed by atoms with Crippen LogP contribution in [0.15, 0.2) is 57.4 Å². The van der Waals surface area contributed by atoms with Crippen LogP contribution in [0.4, 0.5) is 5.13 Å². The monoisotopic (exact) mass is 604 g/mol. The van der Waals surface area contributed by atoms with Gasteiger partial charge in [0, 0.05) is 35.1 Å². The molecule has 0 unspecified atom stereocenters. The number of carbonyl (C=O) groups excluding carboxylic acids is 2. The number of thioether (sulfide) groups is 2. The number of oxime groups is 1. The lowest BCUT2D eigenvalue weighted by molar-refractivity contribution is -0.662. The molecule has 0 aliphatic carbocycles. The maximum atomic E-state index is 13.2. The van der Waals surface area contributed by atoms with Gasteiger partial charge in [0.05, 0.1) is 0 Å². The van der Waals surface area contributed by atoms with Crippen LogP contribution in [0.1, 0.15) is 12.1 Å². The number of β-lactam (4-membered cyclic amide) rings is 1. The molecule has 0 bridgehead atoms. The second kappa shape index (κ2) is 11.9. The zero-order chi connectivity index (χ0) is 28.4. The third kappa shape index (κ3) is 5.26. The van der Waals surface area contributed by atoms with Crippen molar-refractivity contribution in [2.75, 3.05) is 31.0 Å². The number of hydrogen-bond donors (Lipinski definition) is 4. The number of nitrogens with zero attached hydrogens (tertiary/aromatic N) is 5. The Morgan fingerprint density at radius 3 is 2.92 bits per heavy atom. The molecule has 2 atom stereocenters. The molecule has 2 aliphatic heterocycles. The average Bonchev–Trinajstić information content (AvgIpc) is 3.56. The van der Waals surface area contributed by atoms with Crippen molar-refractivity contribution in [3.8, 4) is 0 Å². The Morgan fingerprint density at radius 2 is 2.23 bits per heavy atom. The Balaban J connectivity index is 1.35. The van der Waals surface area contributed by atoms with Crippen LogP contribution in [0.3, 0.4) is 0 Å². The van der Waals surface area contributed by atoms with Gasteiger partial charge < -0.3 is 26.1 Å². The van der Waals surface area contributed by atoms with Gasteiger partial charge in [0.25, 0.3) is 17.5 Å². The number of aliphatic carboxylic acids is 1. The molecule has 3 aromatic heterocycles. The van der Waals surface area contributed by atoms with Gasteiger partial charge in [-0.15, -0.1) is 23.1 Å². The van der Waals surface area contributed by atoms with Crippen LogP contribution in [0.25, 0.3) is 5.65 Å². The summed E-state index contributed by atoms with van der Waals surface area (Å²) in [5.41, 5.74) is 7.13. The molecule has 0 saturated carbocycles. The van der Waals surface area contributed by atoms with Crippen LogP contribution in [-0.2, 0) is 25.8 Å². The summed E-state index contributed by atoms with van der Waals surface area (Å²) in [6, 6.07) is 4.92. The van der Waals surface area contributed by atoms with Gasteiger partial charge in [-0.25, -0.2) is 14.3 Å². The fraction of sp³-hybridized carbons (Fsp3) is 0.333. The third-order valence-corrected chi connectivity index (χ3v) is 9.41. The number of carboxylic acid groups (broad SMARTS) is 1. The van der Waals surface area contributed by atoms with Crippen molar-refractivity contribution < 1.29 is 34.0 Å². The largest absolute Gasteiger partial charge is 0.477 e. The Bertz CT molecular complexity index is 1530. The van der Waals surface area contributed by atoms with E-state index in [2.05, 4.69) is 15.5 Å². The summed E-state index contributed by atoms with van der Waals surface area (Å²) in [6.45, 7) is 0.404. The molecule has 5 rings (SSSR count). The van der Waals surface area contributed by atoms with Crippen molar-refractivity contribution in [1.29, 1.82) is 0 Å². The van der Waals surface area contributed by atoms with Crippen LogP contribution < -0.4 is 15.6 Å². The number of carboxylic acids is 1. The van der Waals surface area contributed by atoms with E-state index in [0.29, 0.717) is 17.7 Å². The molecular weight excluding hydrogens is 579 g/mol. The molecule has 1 fully saturated rings. The number of aliphatic hydroxyl groups is 1. The lowest BCUT2D eigenvalue weighted by Crippen LogP contribution is -2.71. The van der Waals surface area contributed by atoms with Gasteiger partial charge in [-0.05, 0) is 18.6 Å². The second-order valence-corrected chi connectivity index (χ2v) is 11.9. The lowest BCUT2D eigenvalue weighted by atomic mass is 10.0. The summed E-state index contributed by atoms with van der Waals surface area (Å²) in [6.07, 6.45) is 4.46. The number of nitrogens with two attached hydrogens (primary N) is 1. The Kier molecular flexibility index (Phi) is 8.30. The third-order valence-electron chi connectivity index (χ3n) is 6.27. The molecule has 0 radical (unpaired) electrons. The molecular formula is C24H26N7O6S3+. The number of carbonyl (C=O) groups is 3. The minimum atomic E-state index is -1.21. The first kappa shape index (κ1) is 27.9. The van der Waals surface area contributed by atoms with Crippen molar-refractivity contribution in [3.05, 3.63) is 52.9 Å². The first-order chi connectivity index (χ1) is 19.3. The van der Waals surface area contributed by atoms with E-state index in [-0.39, 0.29) is 35.4 Å². The summed E-state index contributed by atoms with van der Waals surface area (Å²) in [5, 5.41) is 27.8. The number of hydrogen-bond acceptors (Lipinski definition) is 11. The normalized spacial score (nSPS) is 19.0. The molecule has 2 aliphatic rings. The standard InChI is InChI=1S/C24H25N7O6S3/c1-37-28-17(14-12-40-24(25)26-14)20(33)27-18-21(34)31-19(23(35)36)13(11-39-22(18)31)10-29-6-7-30-15(29)4-2-5-16(30)38-9-3-8-32/h2,4-7,12,18,22,32H,3,8-11H2,1H3,(H3-,25,26,27,33,35,36)/p+1/b28-17-/t18-,22+/m1/s1. The summed E-state index contributed by atoms with van der Waals surface area (Å²) in [5.74, 6) is -1.28. The predicted molar refractivity (Wildman–Crippen MR) is 150 cm³/mol. The number of thiazole rings is 1. The Morgan fingerprint density at radius 1 is 1.40 bits per heavy atom. The van der Waals surface area contributed by atoms with Crippen molar-refractivity contribution in [2.24, 2.45) is 5.16 Å². The highest BCUT2D eigenvalue weighted by Crippen LogP contribution is 2.40. The van der Waals surface area contributed by atoms with Gasteiger partial charge in [-0.3, -0.25) is 14.5 Å². The number of imidazole rings is 1. The summed E-state index contributed by atoms with van der Waals surface area (Å²) in [4.78, 5) is 48.6. The number of rotatable bonds is 11. The molecule has 2 amide bonds. The predicted octanol–water partition coefficient (Wildman–Crippen LogP) is 0.529. The second-order valence-electron chi connectivity index (χ2n) is 8.76. The summed E-state index contributed by atoms with van der Waals surface area (Å²) < 4.78 is 3.95. The number of aliphatic hydroxyl groups excluding tert-OH is 1. The van der Waals surface area contributed by atoms with E-state index in [0.717, 1.165) is 27.8 Å². The SMILES string of the molecule is CO/N=C(\C(=O)N[C@@H]1C(=O)N2C(C(=O)O)=C(C[n+]3ccn4c(SCCCO)cccc43)CS[C@@H]12)c1csc(N)n1. The zero-order valence-electron chi connectivity index (χ0n) is 21.2. The quantitative estimate of drug-likeness (QED) is 0.0603. The van der Waals surface area contributed by atoms with Crippen molar-refractivity contribution in [2.45, 2.75) is 29.4 Å². The molecule has 0 spiro atoms. The number of aromatic nitrogens is 3. The molecule has 1 saturated heterocycles. The van der Waals surface area contributed by atoms with Crippen LogP contribution in [-0.4, -0.2) is 84.6 Å². The van der Waals surface area contributed by atoms with Gasteiger partial charge >= 0.3 is 5.97 Å². The van der Waals surface area contributed by atoms with E-state index >= 15 is 0 Å². The highest BCUT2D eigenvalue weighted by Gasteiger charge is 2.54. The van der Waals surface area contributed by atoms with Gasteiger partial charge in [0.2, 0.25) is 0 Å². The highest BCUT2D eigenvalue weighted by molar-refractivity contribution is 8.00. The lowest BCUT2D eigenvalue weighted by Gasteiger charge is -2.49. The van der Waals surface area contributed by atoms with Gasteiger partial charge in [0.15, 0.2) is 15.9 Å². The highest BCUT2D eigenvalue weighted by atomic mass is 32.2. The van der Waals surface area contributed by atoms with Gasteiger partial charge in [0.1, 0.15) is 48.9 Å². The summed E-state index contributed by atoms with van der Waals surface area (Å²) >= 11 is 4.14. The van der Waals surface area contributed by atoms with E-state index < -0.39 is 29.2 Å². The van der Waals surface area contributed by atoms with Crippen LogP contribution in [0.5, 0.6) is 0 Å². The van der Waals surface area contributed by atoms with Crippen molar-refractivity contribution in [3.63, 3.8) is 0 Å². The topological polar surface area (TPSA) is 176 Å². The van der Waals surface area contributed by atoms with Gasteiger partial charge in [-0.1, -0.05) is 16.9 Å². The molecule has 0 aromatic carbocycles. The van der Waals surface area contributed by atoms with E-state index in [9.17, 15) is 19.5 Å². The van der Waals surface area contributed by atoms with Crippen molar-refractivity contribution in [1.82, 2.24) is 19.6 Å². The van der Waals surface area contributed by atoms with Crippen LogP contribution in [0.2, 0.25) is 0 Å². The van der Waals surface area contributed by atoms with Crippen LogP contribution in [0, 0.1) is 0 Å². The molecule has 13 nitrogen and oxygen atoms in total. The first-order valence-corrected chi connectivity index (χ1v) is 15.0. The minimum absolute atomic E-state index is 0.0716. The van der Waals surface area contributed by atoms with Gasteiger partial charge in [-0.2, -0.15) is 4.40 Å². The van der Waals surface area contributed by atoms with E-state index in [1.54, 1.807) is 17.1 Å². The average molecular weight is 605 g/mol. The number of nitrogens with one attached hydrogen (secondary N) is 1. The minimum Gasteiger partial charge on any atom is -0.477 e. The van der Waals surface area contributed by atoms with E-state index in [1.165, 1.54) is 23.8 Å². The zero-order valence-corrected chi connectivity index (χ0v) is 23.7. The number of pyridine rings is 1. The first-order valence-electron chi connectivity index (χ1n) is 12.1. The van der Waals surface area contributed by atoms with Crippen LogP contribution >= 0.6 is 34.9 Å².